The minimum atomic E-state index is -1.34. The second-order valence-corrected chi connectivity index (χ2v) is 5.58. The number of benzene rings is 1. The van der Waals surface area contributed by atoms with E-state index in [-0.39, 0.29) is 0 Å². The van der Waals surface area contributed by atoms with Gasteiger partial charge in [0.05, 0.1) is 11.6 Å². The molecule has 3 rings (SSSR count). The number of rotatable bonds is 2. The predicted octanol–water partition coefficient (Wildman–Crippen LogP) is 1.03. The molecular formula is C14H16ClNO5. The molecule has 0 saturated carbocycles. The Hall–Kier alpha value is -1.31. The number of ether oxygens (including phenoxy) is 2. The molecule has 1 fully saturated rings. The van der Waals surface area contributed by atoms with Crippen LogP contribution in [0.2, 0.25) is 5.02 Å². The van der Waals surface area contributed by atoms with Crippen LogP contribution in [0.3, 0.4) is 0 Å². The second kappa shape index (κ2) is 5.47. The van der Waals surface area contributed by atoms with Crippen LogP contribution in [0.5, 0.6) is 5.75 Å². The van der Waals surface area contributed by atoms with E-state index >= 15 is 0 Å². The van der Waals surface area contributed by atoms with Gasteiger partial charge in [0.25, 0.3) is 0 Å². The van der Waals surface area contributed by atoms with Crippen LogP contribution in [0.1, 0.15) is 6.92 Å². The molecular weight excluding hydrogens is 298 g/mol. The molecule has 0 amide bonds. The van der Waals surface area contributed by atoms with Crippen molar-refractivity contribution in [3.8, 4) is 5.75 Å². The molecule has 0 bridgehead atoms. The van der Waals surface area contributed by atoms with Crippen LogP contribution in [0.4, 0.5) is 0 Å². The molecule has 114 valence electrons. The third-order valence-corrected chi connectivity index (χ3v) is 3.89. The lowest BCUT2D eigenvalue weighted by molar-refractivity contribution is -0.267. The highest BCUT2D eigenvalue weighted by molar-refractivity contribution is 6.31. The maximum atomic E-state index is 9.95. The number of aliphatic hydroxyl groups is 3. The minimum absolute atomic E-state index is 0.474. The van der Waals surface area contributed by atoms with Crippen molar-refractivity contribution in [3.05, 3.63) is 29.4 Å². The fourth-order valence-electron chi connectivity index (χ4n) is 2.41. The molecule has 6 nitrogen and oxygen atoms in total. The smallest absolute Gasteiger partial charge is 0.229 e. The van der Waals surface area contributed by atoms with E-state index in [0.717, 1.165) is 10.9 Å². The lowest BCUT2D eigenvalue weighted by atomic mass is 10.00. The zero-order valence-electron chi connectivity index (χ0n) is 11.2. The zero-order chi connectivity index (χ0) is 15.1. The Morgan fingerprint density at radius 3 is 2.71 bits per heavy atom. The molecule has 5 atom stereocenters. The fourth-order valence-corrected chi connectivity index (χ4v) is 2.58. The van der Waals surface area contributed by atoms with E-state index in [1.165, 1.54) is 0 Å². The Bertz CT molecular complexity index is 645. The number of aliphatic hydroxyl groups excluding tert-OH is 3. The monoisotopic (exact) mass is 313 g/mol. The molecule has 1 saturated heterocycles. The van der Waals surface area contributed by atoms with Gasteiger partial charge in [-0.2, -0.15) is 0 Å². The summed E-state index contributed by atoms with van der Waals surface area (Å²) in [7, 11) is 0. The summed E-state index contributed by atoms with van der Waals surface area (Å²) in [5.41, 5.74) is 0.788. The molecule has 21 heavy (non-hydrogen) atoms. The molecule has 7 heteroatoms. The van der Waals surface area contributed by atoms with E-state index in [9.17, 15) is 15.3 Å². The number of hydrogen-bond acceptors (Lipinski definition) is 5. The van der Waals surface area contributed by atoms with E-state index in [2.05, 4.69) is 4.98 Å². The van der Waals surface area contributed by atoms with Crippen LogP contribution < -0.4 is 4.74 Å². The second-order valence-electron chi connectivity index (χ2n) is 5.14. The third-order valence-electron chi connectivity index (χ3n) is 3.66. The van der Waals surface area contributed by atoms with Gasteiger partial charge >= 0.3 is 0 Å². The van der Waals surface area contributed by atoms with E-state index in [1.807, 2.05) is 0 Å². The lowest BCUT2D eigenvalue weighted by Gasteiger charge is -2.38. The summed E-state index contributed by atoms with van der Waals surface area (Å²) < 4.78 is 11.0. The average molecular weight is 314 g/mol. The molecule has 1 aromatic carbocycles. The largest absolute Gasteiger partial charge is 0.460 e. The lowest BCUT2D eigenvalue weighted by Crippen LogP contribution is -2.58. The summed E-state index contributed by atoms with van der Waals surface area (Å²) in [4.78, 5) is 3.01. The van der Waals surface area contributed by atoms with E-state index < -0.39 is 30.7 Å². The highest BCUT2D eigenvalue weighted by Crippen LogP contribution is 2.31. The number of halogens is 1. The van der Waals surface area contributed by atoms with E-state index in [1.54, 1.807) is 31.3 Å². The van der Waals surface area contributed by atoms with Crippen LogP contribution in [0.15, 0.2) is 24.4 Å². The molecule has 2 aromatic rings. The summed E-state index contributed by atoms with van der Waals surface area (Å²) in [5.74, 6) is 0.474. The first kappa shape index (κ1) is 14.6. The topological polar surface area (TPSA) is 94.9 Å². The maximum Gasteiger partial charge on any atom is 0.229 e. The van der Waals surface area contributed by atoms with Crippen LogP contribution in [-0.4, -0.2) is 51.0 Å². The highest BCUT2D eigenvalue weighted by Gasteiger charge is 2.43. The van der Waals surface area contributed by atoms with Crippen molar-refractivity contribution in [2.24, 2.45) is 0 Å². The van der Waals surface area contributed by atoms with Crippen molar-refractivity contribution in [1.82, 2.24) is 4.98 Å². The Labute approximate surface area is 125 Å². The van der Waals surface area contributed by atoms with Crippen LogP contribution in [0, 0.1) is 0 Å². The molecule has 1 aromatic heterocycles. The van der Waals surface area contributed by atoms with Crippen molar-refractivity contribution in [3.63, 3.8) is 0 Å². The van der Waals surface area contributed by atoms with E-state index in [4.69, 9.17) is 21.1 Å². The maximum absolute atomic E-state index is 9.95. The van der Waals surface area contributed by atoms with Crippen molar-refractivity contribution < 1.29 is 24.8 Å². The number of fused-ring (bicyclic) bond motifs is 1. The van der Waals surface area contributed by atoms with Gasteiger partial charge in [-0.05, 0) is 25.1 Å². The van der Waals surface area contributed by atoms with E-state index in [0.29, 0.717) is 10.8 Å². The standard InChI is InChI=1S/C14H16ClNO5/c1-6-11(17)12(18)13(19)14(20-6)21-10-5-16-9-4-7(15)2-3-8(9)10/h2-6,11-14,16-19H,1H3/t6-,11+,12+,13-,14?/m1/s1. The number of hydrogen-bond donors (Lipinski definition) is 4. The van der Waals surface area contributed by atoms with Crippen molar-refractivity contribution in [2.75, 3.05) is 0 Å². The zero-order valence-corrected chi connectivity index (χ0v) is 12.0. The molecule has 2 heterocycles. The quantitative estimate of drug-likeness (QED) is 0.664. The van der Waals surface area contributed by atoms with Gasteiger partial charge in [0, 0.05) is 16.6 Å². The Morgan fingerprint density at radius 1 is 1.19 bits per heavy atom. The number of H-pyrrole nitrogens is 1. The summed E-state index contributed by atoms with van der Waals surface area (Å²) in [6, 6.07) is 5.26. The number of aromatic nitrogens is 1. The summed E-state index contributed by atoms with van der Waals surface area (Å²) in [6.45, 7) is 1.60. The van der Waals surface area contributed by atoms with Gasteiger partial charge < -0.3 is 29.8 Å². The Kier molecular flexibility index (Phi) is 3.81. The highest BCUT2D eigenvalue weighted by atomic mass is 35.5. The SMILES string of the molecule is C[C@H]1OC(Oc2c[nH]c3cc(Cl)ccc23)[C@H](O)[C@@H](O)[C@H]1O. The van der Waals surface area contributed by atoms with Crippen LogP contribution in [0.25, 0.3) is 10.9 Å². The van der Waals surface area contributed by atoms with Gasteiger partial charge in [0.2, 0.25) is 6.29 Å². The molecule has 0 radical (unpaired) electrons. The van der Waals surface area contributed by atoms with Gasteiger partial charge in [-0.3, -0.25) is 0 Å². The summed E-state index contributed by atoms with van der Waals surface area (Å²) in [5, 5.41) is 30.8. The third kappa shape index (κ3) is 2.61. The van der Waals surface area contributed by atoms with Gasteiger partial charge in [-0.1, -0.05) is 11.6 Å². The molecule has 1 unspecified atom stereocenters. The number of nitrogens with one attached hydrogen (secondary N) is 1. The predicted molar refractivity (Wildman–Crippen MR) is 76.3 cm³/mol. The minimum Gasteiger partial charge on any atom is -0.460 e. The first-order chi connectivity index (χ1) is 9.97. The molecule has 1 aliphatic rings. The van der Waals surface area contributed by atoms with Gasteiger partial charge in [0.1, 0.15) is 24.1 Å². The molecule has 1 aliphatic heterocycles. The summed E-state index contributed by atoms with van der Waals surface area (Å²) in [6.07, 6.45) is -3.89. The van der Waals surface area contributed by atoms with Crippen molar-refractivity contribution in [2.45, 2.75) is 37.6 Å². The van der Waals surface area contributed by atoms with Crippen LogP contribution >= 0.6 is 11.6 Å². The fraction of sp³-hybridized carbons (Fsp3) is 0.429. The molecule has 0 aliphatic carbocycles. The average Bonchev–Trinajstić information content (AvgIpc) is 2.84. The summed E-state index contributed by atoms with van der Waals surface area (Å²) >= 11 is 5.91. The van der Waals surface area contributed by atoms with Crippen molar-refractivity contribution >= 4 is 22.5 Å². The van der Waals surface area contributed by atoms with Crippen molar-refractivity contribution in [1.29, 1.82) is 0 Å². The first-order valence-electron chi connectivity index (χ1n) is 6.60. The Morgan fingerprint density at radius 2 is 1.95 bits per heavy atom. The van der Waals surface area contributed by atoms with Crippen LogP contribution in [-0.2, 0) is 4.74 Å². The first-order valence-corrected chi connectivity index (χ1v) is 6.98. The van der Waals surface area contributed by atoms with Gasteiger partial charge in [-0.15, -0.1) is 0 Å². The Balaban J connectivity index is 1.85. The van der Waals surface area contributed by atoms with Gasteiger partial charge in [0.15, 0.2) is 0 Å². The normalized spacial score (nSPS) is 33.3. The molecule has 0 spiro atoms. The van der Waals surface area contributed by atoms with Gasteiger partial charge in [-0.25, -0.2) is 0 Å². The molecule has 4 N–H and O–H groups in total. The number of aromatic amines is 1.